The quantitative estimate of drug-likeness (QED) is 0.407. The zero-order valence-electron chi connectivity index (χ0n) is 18.3. The first-order valence-electron chi connectivity index (χ1n) is 10.7. The van der Waals surface area contributed by atoms with Gasteiger partial charge in [-0.25, -0.2) is 4.90 Å². The highest BCUT2D eigenvalue weighted by Crippen LogP contribution is 2.53. The molecule has 9 heteroatoms. The largest absolute Gasteiger partial charge is 0.297 e. The van der Waals surface area contributed by atoms with Crippen molar-refractivity contribution in [1.29, 1.82) is 0 Å². The van der Waals surface area contributed by atoms with Gasteiger partial charge in [-0.1, -0.05) is 51.1 Å². The molecular weight excluding hydrogens is 424 g/mol. The van der Waals surface area contributed by atoms with Crippen LogP contribution in [0.5, 0.6) is 0 Å². The molecule has 3 heterocycles. The van der Waals surface area contributed by atoms with E-state index in [4.69, 9.17) is 0 Å². The summed E-state index contributed by atoms with van der Waals surface area (Å²) in [7, 11) is 0. The fourth-order valence-electron chi connectivity index (χ4n) is 5.11. The molecule has 0 aromatic heterocycles. The van der Waals surface area contributed by atoms with Gasteiger partial charge in [0.1, 0.15) is 6.04 Å². The summed E-state index contributed by atoms with van der Waals surface area (Å²) in [5.74, 6) is -2.95. The zero-order chi connectivity index (χ0) is 23.7. The summed E-state index contributed by atoms with van der Waals surface area (Å²) in [4.78, 5) is 52.6. The third-order valence-electron chi connectivity index (χ3n) is 6.60. The molecule has 3 aliphatic rings. The van der Waals surface area contributed by atoms with Crippen molar-refractivity contribution in [3.05, 3.63) is 69.8 Å². The number of carbonyl (C=O) groups is 3. The zero-order valence-corrected chi connectivity index (χ0v) is 18.3. The van der Waals surface area contributed by atoms with Crippen molar-refractivity contribution in [3.8, 4) is 0 Å². The summed E-state index contributed by atoms with van der Waals surface area (Å²) in [6, 6.07) is 11.4. The minimum absolute atomic E-state index is 0.134. The summed E-state index contributed by atoms with van der Waals surface area (Å²) in [6.07, 6.45) is 1.66. The highest BCUT2D eigenvalue weighted by molar-refractivity contribution is 6.24. The van der Waals surface area contributed by atoms with E-state index in [1.165, 1.54) is 24.3 Å². The standard InChI is InChI=1S/C24H22N4O5/c1-24(2,3)21(29)20-18-17(19-16-10-5-4-7-13(16)12-25-27(19)20)22(30)26(23(18)31)14-8-6-9-15(11-14)28(32)33/h4-12,17-20H,1-3H3/t17-,18+,19+,20-/m0/s1. The molecular formula is C24H22N4O5. The Morgan fingerprint density at radius 2 is 1.73 bits per heavy atom. The van der Waals surface area contributed by atoms with E-state index >= 15 is 0 Å². The lowest BCUT2D eigenvalue weighted by molar-refractivity contribution is -0.384. The number of nitro benzene ring substituents is 1. The Bertz CT molecular complexity index is 1250. The molecule has 33 heavy (non-hydrogen) atoms. The molecule has 168 valence electrons. The number of fused-ring (bicyclic) bond motifs is 5. The second-order valence-electron chi connectivity index (χ2n) is 9.60. The van der Waals surface area contributed by atoms with Crippen LogP contribution in [0.25, 0.3) is 0 Å². The smallest absolute Gasteiger partial charge is 0.271 e. The Morgan fingerprint density at radius 3 is 2.42 bits per heavy atom. The van der Waals surface area contributed by atoms with Crippen molar-refractivity contribution < 1.29 is 19.3 Å². The molecule has 0 bridgehead atoms. The van der Waals surface area contributed by atoms with E-state index in [0.29, 0.717) is 0 Å². The summed E-state index contributed by atoms with van der Waals surface area (Å²) < 4.78 is 0. The average Bonchev–Trinajstić information content (AvgIpc) is 3.25. The Morgan fingerprint density at radius 1 is 1.03 bits per heavy atom. The lowest BCUT2D eigenvalue weighted by atomic mass is 9.79. The first-order chi connectivity index (χ1) is 15.6. The molecule has 0 unspecified atom stereocenters. The first-order valence-corrected chi connectivity index (χ1v) is 10.7. The topological polar surface area (TPSA) is 113 Å². The van der Waals surface area contributed by atoms with Crippen molar-refractivity contribution in [1.82, 2.24) is 5.01 Å². The molecule has 0 aliphatic carbocycles. The number of hydrogen-bond acceptors (Lipinski definition) is 7. The van der Waals surface area contributed by atoms with Crippen molar-refractivity contribution in [2.75, 3.05) is 4.90 Å². The third kappa shape index (κ3) is 2.99. The number of non-ortho nitro benzene ring substituents is 1. The number of amides is 2. The average molecular weight is 446 g/mol. The number of hydrogen-bond donors (Lipinski definition) is 0. The molecule has 3 aliphatic heterocycles. The normalized spacial score (nSPS) is 25.7. The van der Waals surface area contributed by atoms with Crippen LogP contribution in [0.3, 0.4) is 0 Å². The second kappa shape index (κ2) is 7.06. The lowest BCUT2D eigenvalue weighted by Gasteiger charge is -2.35. The van der Waals surface area contributed by atoms with Gasteiger partial charge in [0.15, 0.2) is 5.78 Å². The SMILES string of the molecule is CC(C)(C)C(=O)[C@@H]1[C@@H]2C(=O)N(c3cccc([N+](=O)[O-])c3)C(=O)[C@@H]2[C@H]2c3ccccc3C=NN12. The van der Waals surface area contributed by atoms with Crippen molar-refractivity contribution >= 4 is 35.2 Å². The molecule has 2 aromatic carbocycles. The van der Waals surface area contributed by atoms with E-state index in [0.717, 1.165) is 16.0 Å². The first kappa shape index (κ1) is 21.0. The minimum Gasteiger partial charge on any atom is -0.297 e. The Balaban J connectivity index is 1.66. The molecule has 2 saturated heterocycles. The van der Waals surface area contributed by atoms with E-state index in [-0.39, 0.29) is 17.2 Å². The van der Waals surface area contributed by atoms with Crippen molar-refractivity contribution in [2.24, 2.45) is 22.4 Å². The van der Waals surface area contributed by atoms with Gasteiger partial charge in [0.2, 0.25) is 11.8 Å². The number of benzene rings is 2. The van der Waals surface area contributed by atoms with Gasteiger partial charge in [-0.2, -0.15) is 5.10 Å². The van der Waals surface area contributed by atoms with Gasteiger partial charge in [0.05, 0.1) is 34.7 Å². The van der Waals surface area contributed by atoms with Crippen molar-refractivity contribution in [3.63, 3.8) is 0 Å². The van der Waals surface area contributed by atoms with Crippen molar-refractivity contribution in [2.45, 2.75) is 32.9 Å². The fraction of sp³-hybridized carbons (Fsp3) is 0.333. The van der Waals surface area contributed by atoms with Gasteiger partial charge >= 0.3 is 0 Å². The molecule has 4 atom stereocenters. The van der Waals surface area contributed by atoms with E-state index in [2.05, 4.69) is 5.10 Å². The highest BCUT2D eigenvalue weighted by atomic mass is 16.6. The molecule has 0 N–H and O–H groups in total. The summed E-state index contributed by atoms with van der Waals surface area (Å²) in [6.45, 7) is 5.33. The molecule has 2 aromatic rings. The van der Waals surface area contributed by atoms with Gasteiger partial charge < -0.3 is 0 Å². The van der Waals surface area contributed by atoms with Crippen LogP contribution < -0.4 is 4.90 Å². The predicted octanol–water partition coefficient (Wildman–Crippen LogP) is 3.09. The van der Waals surface area contributed by atoms with Crippen LogP contribution in [0.2, 0.25) is 0 Å². The Hall–Kier alpha value is -3.88. The van der Waals surface area contributed by atoms with Gasteiger partial charge in [0.25, 0.3) is 5.69 Å². The number of Topliss-reactive ketones (excluding diaryl/α,β-unsaturated/α-hetero) is 1. The van der Waals surface area contributed by atoms with Gasteiger partial charge in [0, 0.05) is 17.5 Å². The van der Waals surface area contributed by atoms with Crippen LogP contribution in [0, 0.1) is 27.4 Å². The maximum atomic E-state index is 13.7. The van der Waals surface area contributed by atoms with E-state index in [1.807, 2.05) is 24.3 Å². The van der Waals surface area contributed by atoms with Crippen LogP contribution in [0.1, 0.15) is 37.9 Å². The van der Waals surface area contributed by atoms with E-state index in [1.54, 1.807) is 32.0 Å². The number of hydrazone groups is 1. The van der Waals surface area contributed by atoms with Crippen LogP contribution >= 0.6 is 0 Å². The maximum Gasteiger partial charge on any atom is 0.271 e. The van der Waals surface area contributed by atoms with Crippen LogP contribution in [-0.4, -0.2) is 39.8 Å². The number of carbonyl (C=O) groups excluding carboxylic acids is 3. The maximum absolute atomic E-state index is 13.7. The number of nitro groups is 1. The van der Waals surface area contributed by atoms with Gasteiger partial charge in [-0.15, -0.1) is 0 Å². The summed E-state index contributed by atoms with van der Waals surface area (Å²) in [5, 5.41) is 17.4. The molecule has 0 radical (unpaired) electrons. The summed E-state index contributed by atoms with van der Waals surface area (Å²) >= 11 is 0. The van der Waals surface area contributed by atoms with Gasteiger partial charge in [-0.3, -0.25) is 29.5 Å². The molecule has 0 spiro atoms. The molecule has 9 nitrogen and oxygen atoms in total. The third-order valence-corrected chi connectivity index (χ3v) is 6.60. The van der Waals surface area contributed by atoms with Crippen LogP contribution in [0.15, 0.2) is 53.6 Å². The highest BCUT2D eigenvalue weighted by Gasteiger charge is 2.66. The number of nitrogens with zero attached hydrogens (tertiary/aromatic N) is 4. The van der Waals surface area contributed by atoms with Crippen LogP contribution in [-0.2, 0) is 14.4 Å². The molecule has 5 rings (SSSR count). The second-order valence-corrected chi connectivity index (χ2v) is 9.60. The van der Waals surface area contributed by atoms with E-state index < -0.39 is 46.1 Å². The molecule has 2 fully saturated rings. The lowest BCUT2D eigenvalue weighted by Crippen LogP contribution is -2.48. The number of anilines is 1. The molecule has 2 amide bonds. The van der Waals surface area contributed by atoms with Gasteiger partial charge in [-0.05, 0) is 17.2 Å². The fourth-order valence-corrected chi connectivity index (χ4v) is 5.11. The number of imide groups is 1. The summed E-state index contributed by atoms with van der Waals surface area (Å²) in [5.41, 5.74) is 0.805. The number of rotatable bonds is 3. The number of ketones is 1. The minimum atomic E-state index is -0.934. The van der Waals surface area contributed by atoms with E-state index in [9.17, 15) is 24.5 Å². The van der Waals surface area contributed by atoms with Crippen LogP contribution in [0.4, 0.5) is 11.4 Å². The molecule has 0 saturated carbocycles. The monoisotopic (exact) mass is 446 g/mol. The Labute approximate surface area is 189 Å². The Kier molecular flexibility index (Phi) is 4.49. The predicted molar refractivity (Wildman–Crippen MR) is 119 cm³/mol.